The van der Waals surface area contributed by atoms with Crippen molar-refractivity contribution in [2.75, 3.05) is 46.5 Å². The smallest absolute Gasteiger partial charge is 0.161 e. The fourth-order valence-electron chi connectivity index (χ4n) is 4.47. The van der Waals surface area contributed by atoms with Gasteiger partial charge in [-0.05, 0) is 56.6 Å². The molecule has 0 aromatic heterocycles. The fourth-order valence-corrected chi connectivity index (χ4v) is 4.47. The molecule has 2 atom stereocenters. The highest BCUT2D eigenvalue weighted by Crippen LogP contribution is 2.34. The van der Waals surface area contributed by atoms with Crippen molar-refractivity contribution in [3.63, 3.8) is 0 Å². The van der Waals surface area contributed by atoms with Crippen LogP contribution in [0.25, 0.3) is 0 Å². The van der Waals surface area contributed by atoms with Crippen molar-refractivity contribution in [1.82, 2.24) is 10.2 Å². The average Bonchev–Trinajstić information content (AvgIpc) is 3.26. The lowest BCUT2D eigenvalue weighted by Crippen LogP contribution is -2.45. The van der Waals surface area contributed by atoms with E-state index in [1.54, 1.807) is 0 Å². The summed E-state index contributed by atoms with van der Waals surface area (Å²) >= 11 is 0. The van der Waals surface area contributed by atoms with Gasteiger partial charge in [0.15, 0.2) is 11.5 Å². The van der Waals surface area contributed by atoms with Crippen LogP contribution in [0.15, 0.2) is 18.2 Å². The summed E-state index contributed by atoms with van der Waals surface area (Å²) in [4.78, 5) is 2.57. The lowest BCUT2D eigenvalue weighted by atomic mass is 10.00. The standard InChI is InChI=1S/C24H40N2O3/c1-3-4-5-6-7-8-13-25-21(19-26-14-9-10-15-26)24(27-2)20-11-12-22-23(18-20)29-17-16-28-22/h11-12,18,21,24-25H,3-10,13-17,19H2,1-2H3. The second-order valence-electron chi connectivity index (χ2n) is 8.40. The molecule has 0 amide bonds. The number of unbranched alkanes of at least 4 members (excludes halogenated alkanes) is 5. The molecule has 0 bridgehead atoms. The first-order chi connectivity index (χ1) is 14.3. The number of methoxy groups -OCH3 is 1. The maximum Gasteiger partial charge on any atom is 0.161 e. The molecule has 5 heteroatoms. The van der Waals surface area contributed by atoms with Gasteiger partial charge in [-0.3, -0.25) is 0 Å². The lowest BCUT2D eigenvalue weighted by molar-refractivity contribution is 0.0548. The quantitative estimate of drug-likeness (QED) is 0.488. The van der Waals surface area contributed by atoms with Crippen LogP contribution in [-0.2, 0) is 4.74 Å². The maximum atomic E-state index is 6.02. The van der Waals surface area contributed by atoms with E-state index in [9.17, 15) is 0 Å². The third kappa shape index (κ3) is 6.87. The molecule has 0 saturated carbocycles. The molecular weight excluding hydrogens is 364 g/mol. The van der Waals surface area contributed by atoms with Gasteiger partial charge in [0.05, 0.1) is 12.1 Å². The van der Waals surface area contributed by atoms with E-state index in [2.05, 4.69) is 29.3 Å². The Morgan fingerprint density at radius 3 is 2.48 bits per heavy atom. The molecule has 1 fully saturated rings. The minimum Gasteiger partial charge on any atom is -0.486 e. The van der Waals surface area contributed by atoms with Crippen LogP contribution in [0.3, 0.4) is 0 Å². The van der Waals surface area contributed by atoms with E-state index < -0.39 is 0 Å². The van der Waals surface area contributed by atoms with Gasteiger partial charge in [-0.15, -0.1) is 0 Å². The van der Waals surface area contributed by atoms with Crippen LogP contribution in [0.2, 0.25) is 0 Å². The number of hydrogen-bond acceptors (Lipinski definition) is 5. The SMILES string of the molecule is CCCCCCCCNC(CN1CCCC1)C(OC)c1ccc2c(c1)OCCO2. The first-order valence-electron chi connectivity index (χ1n) is 11.7. The molecule has 0 aliphatic carbocycles. The zero-order chi connectivity index (χ0) is 20.3. The fraction of sp³-hybridized carbons (Fsp3) is 0.750. The van der Waals surface area contributed by atoms with Crippen LogP contribution in [-0.4, -0.2) is 57.4 Å². The molecule has 3 rings (SSSR count). The Morgan fingerprint density at radius 1 is 1.00 bits per heavy atom. The van der Waals surface area contributed by atoms with E-state index >= 15 is 0 Å². The number of nitrogens with zero attached hydrogens (tertiary/aromatic N) is 1. The number of rotatable bonds is 13. The number of ether oxygens (including phenoxy) is 3. The Labute approximate surface area is 177 Å². The molecule has 1 saturated heterocycles. The van der Waals surface area contributed by atoms with Crippen molar-refractivity contribution in [3.05, 3.63) is 23.8 Å². The molecule has 1 N–H and O–H groups in total. The Hall–Kier alpha value is -1.30. The molecule has 5 nitrogen and oxygen atoms in total. The van der Waals surface area contributed by atoms with E-state index in [-0.39, 0.29) is 12.1 Å². The maximum absolute atomic E-state index is 6.02. The second-order valence-corrected chi connectivity index (χ2v) is 8.40. The predicted molar refractivity (Wildman–Crippen MR) is 118 cm³/mol. The number of likely N-dealkylation sites (tertiary alicyclic amines) is 1. The zero-order valence-corrected chi connectivity index (χ0v) is 18.5. The van der Waals surface area contributed by atoms with Crippen molar-refractivity contribution in [3.8, 4) is 11.5 Å². The first-order valence-corrected chi connectivity index (χ1v) is 11.7. The van der Waals surface area contributed by atoms with Crippen LogP contribution in [0.1, 0.15) is 70.0 Å². The van der Waals surface area contributed by atoms with Gasteiger partial charge >= 0.3 is 0 Å². The number of fused-ring (bicyclic) bond motifs is 1. The number of hydrogen-bond donors (Lipinski definition) is 1. The molecule has 2 aliphatic heterocycles. The van der Waals surface area contributed by atoms with E-state index in [1.165, 1.54) is 64.5 Å². The Bertz CT molecular complexity index is 589. The van der Waals surface area contributed by atoms with Crippen molar-refractivity contribution >= 4 is 0 Å². The molecular formula is C24H40N2O3. The van der Waals surface area contributed by atoms with Gasteiger partial charge in [-0.1, -0.05) is 45.1 Å². The van der Waals surface area contributed by atoms with Gasteiger partial charge in [-0.25, -0.2) is 0 Å². The average molecular weight is 405 g/mol. The molecule has 2 aliphatic rings. The summed E-state index contributed by atoms with van der Waals surface area (Å²) in [7, 11) is 1.82. The molecule has 2 heterocycles. The van der Waals surface area contributed by atoms with Crippen LogP contribution in [0.5, 0.6) is 11.5 Å². The highest BCUT2D eigenvalue weighted by molar-refractivity contribution is 5.44. The van der Waals surface area contributed by atoms with Gasteiger partial charge in [0, 0.05) is 13.7 Å². The summed E-state index contributed by atoms with van der Waals surface area (Å²) in [5.74, 6) is 1.68. The summed E-state index contributed by atoms with van der Waals surface area (Å²) in [5, 5.41) is 3.83. The largest absolute Gasteiger partial charge is 0.486 e. The number of nitrogens with one attached hydrogen (secondary N) is 1. The van der Waals surface area contributed by atoms with E-state index in [0.717, 1.165) is 30.2 Å². The monoisotopic (exact) mass is 404 g/mol. The van der Waals surface area contributed by atoms with Gasteiger partial charge in [0.25, 0.3) is 0 Å². The highest BCUT2D eigenvalue weighted by atomic mass is 16.6. The van der Waals surface area contributed by atoms with E-state index in [0.29, 0.717) is 13.2 Å². The Morgan fingerprint density at radius 2 is 1.72 bits per heavy atom. The minimum absolute atomic E-state index is 0.00604. The lowest BCUT2D eigenvalue weighted by Gasteiger charge is -2.31. The normalized spacial score (nSPS) is 18.7. The first kappa shape index (κ1) is 22.4. The van der Waals surface area contributed by atoms with Gasteiger partial charge in [0.2, 0.25) is 0 Å². The Balaban J connectivity index is 1.60. The van der Waals surface area contributed by atoms with Gasteiger partial charge in [-0.2, -0.15) is 0 Å². The molecule has 29 heavy (non-hydrogen) atoms. The molecule has 1 aromatic rings. The summed E-state index contributed by atoms with van der Waals surface area (Å²) in [5.41, 5.74) is 1.16. The number of benzene rings is 1. The molecule has 0 radical (unpaired) electrons. The molecule has 164 valence electrons. The third-order valence-corrected chi connectivity index (χ3v) is 6.10. The van der Waals surface area contributed by atoms with Crippen LogP contribution < -0.4 is 14.8 Å². The van der Waals surface area contributed by atoms with Crippen molar-refractivity contribution in [2.45, 2.75) is 70.4 Å². The minimum atomic E-state index is 0.00604. The van der Waals surface area contributed by atoms with Crippen molar-refractivity contribution < 1.29 is 14.2 Å². The molecule has 1 aromatic carbocycles. The third-order valence-electron chi connectivity index (χ3n) is 6.10. The van der Waals surface area contributed by atoms with Crippen LogP contribution in [0, 0.1) is 0 Å². The topological polar surface area (TPSA) is 43.0 Å². The van der Waals surface area contributed by atoms with E-state index in [1.807, 2.05) is 13.2 Å². The van der Waals surface area contributed by atoms with Crippen molar-refractivity contribution in [2.24, 2.45) is 0 Å². The van der Waals surface area contributed by atoms with Gasteiger partial charge < -0.3 is 24.4 Å². The highest BCUT2D eigenvalue weighted by Gasteiger charge is 2.27. The zero-order valence-electron chi connectivity index (χ0n) is 18.5. The molecule has 0 spiro atoms. The molecule has 2 unspecified atom stereocenters. The summed E-state index contributed by atoms with van der Waals surface area (Å²) in [6.45, 7) is 7.99. The van der Waals surface area contributed by atoms with Crippen molar-refractivity contribution in [1.29, 1.82) is 0 Å². The van der Waals surface area contributed by atoms with Gasteiger partial charge in [0.1, 0.15) is 13.2 Å². The Kier molecular flexibility index (Phi) is 9.58. The second kappa shape index (κ2) is 12.4. The summed E-state index contributed by atoms with van der Waals surface area (Å²) in [6, 6.07) is 6.53. The van der Waals surface area contributed by atoms with E-state index in [4.69, 9.17) is 14.2 Å². The summed E-state index contributed by atoms with van der Waals surface area (Å²) in [6.07, 6.45) is 10.6. The van der Waals surface area contributed by atoms with Crippen LogP contribution in [0.4, 0.5) is 0 Å². The van der Waals surface area contributed by atoms with Crippen LogP contribution >= 0.6 is 0 Å². The predicted octanol–water partition coefficient (Wildman–Crippen LogP) is 4.56. The summed E-state index contributed by atoms with van der Waals surface area (Å²) < 4.78 is 17.5.